The number of rotatable bonds is 2. The zero-order valence-electron chi connectivity index (χ0n) is 12.4. The maximum atomic E-state index is 13.2. The van der Waals surface area contributed by atoms with E-state index in [1.165, 1.54) is 24.3 Å². The van der Waals surface area contributed by atoms with Gasteiger partial charge in [-0.1, -0.05) is 24.3 Å². The quantitative estimate of drug-likeness (QED) is 0.839. The molecule has 3 rings (SSSR count). The smallest absolute Gasteiger partial charge is 0.167 e. The summed E-state index contributed by atoms with van der Waals surface area (Å²) in [6.07, 6.45) is 0.136. The fraction of sp³-hybridized carbons (Fsp3) is 0.278. The molecule has 2 nitrogen and oxygen atoms in total. The number of Topliss-reactive ketones (excluding diaryl/α,β-unsaturated/α-hetero) is 1. The number of ether oxygens (including phenoxy) is 1. The van der Waals surface area contributed by atoms with Gasteiger partial charge in [-0.3, -0.25) is 4.79 Å². The average molecular weight is 302 g/mol. The molecule has 2 aromatic carbocycles. The van der Waals surface area contributed by atoms with Gasteiger partial charge in [-0.2, -0.15) is 0 Å². The number of halogens is 2. The first-order chi connectivity index (χ1) is 10.3. The van der Waals surface area contributed by atoms with Gasteiger partial charge < -0.3 is 4.74 Å². The van der Waals surface area contributed by atoms with Crippen molar-refractivity contribution in [1.29, 1.82) is 0 Å². The molecule has 0 radical (unpaired) electrons. The molecule has 0 bridgehead atoms. The molecular weight excluding hydrogens is 286 g/mol. The second-order valence-electron chi connectivity index (χ2n) is 6.05. The van der Waals surface area contributed by atoms with Gasteiger partial charge in [0.2, 0.25) is 0 Å². The second-order valence-corrected chi connectivity index (χ2v) is 6.05. The Kier molecular flexibility index (Phi) is 3.37. The van der Waals surface area contributed by atoms with Crippen LogP contribution in [-0.2, 0) is 15.1 Å². The number of carbonyl (C=O) groups excluding carboxylic acids is 1. The Morgan fingerprint density at radius 1 is 0.864 bits per heavy atom. The van der Waals surface area contributed by atoms with Crippen LogP contribution in [0.4, 0.5) is 8.78 Å². The topological polar surface area (TPSA) is 26.3 Å². The molecule has 22 heavy (non-hydrogen) atoms. The van der Waals surface area contributed by atoms with E-state index in [-0.39, 0.29) is 23.8 Å². The van der Waals surface area contributed by atoms with Crippen molar-refractivity contribution in [2.45, 2.75) is 31.5 Å². The van der Waals surface area contributed by atoms with Crippen LogP contribution >= 0.6 is 0 Å². The van der Waals surface area contributed by atoms with Gasteiger partial charge >= 0.3 is 0 Å². The molecule has 1 fully saturated rings. The van der Waals surface area contributed by atoms with Crippen molar-refractivity contribution in [3.8, 4) is 0 Å². The van der Waals surface area contributed by atoms with Crippen LogP contribution in [0.2, 0.25) is 0 Å². The molecule has 1 aliphatic heterocycles. The van der Waals surface area contributed by atoms with E-state index in [0.29, 0.717) is 11.1 Å². The molecule has 1 aliphatic rings. The number of benzene rings is 2. The Hall–Kier alpha value is -2.07. The van der Waals surface area contributed by atoms with E-state index in [1.54, 1.807) is 38.1 Å². The van der Waals surface area contributed by atoms with Gasteiger partial charge in [0.25, 0.3) is 0 Å². The maximum absolute atomic E-state index is 13.2. The van der Waals surface area contributed by atoms with Crippen molar-refractivity contribution in [1.82, 2.24) is 0 Å². The SMILES string of the molecule is CC1(C)OC(c2ccc(F)cc2)(c2ccc(F)cc2)CC1=O. The largest absolute Gasteiger partial charge is 0.351 e. The van der Waals surface area contributed by atoms with Crippen molar-refractivity contribution in [3.05, 3.63) is 71.3 Å². The molecule has 0 aromatic heterocycles. The predicted molar refractivity (Wildman–Crippen MR) is 78.4 cm³/mol. The first-order valence-electron chi connectivity index (χ1n) is 7.09. The van der Waals surface area contributed by atoms with E-state index in [9.17, 15) is 13.6 Å². The van der Waals surface area contributed by atoms with Gasteiger partial charge in [-0.05, 0) is 49.2 Å². The van der Waals surface area contributed by atoms with Gasteiger partial charge in [0.05, 0.1) is 0 Å². The highest BCUT2D eigenvalue weighted by Crippen LogP contribution is 2.47. The predicted octanol–water partition coefficient (Wildman–Crippen LogP) is 3.98. The summed E-state index contributed by atoms with van der Waals surface area (Å²) in [5.41, 5.74) is -0.594. The highest BCUT2D eigenvalue weighted by molar-refractivity contribution is 5.90. The van der Waals surface area contributed by atoms with Gasteiger partial charge in [0, 0.05) is 6.42 Å². The lowest BCUT2D eigenvalue weighted by Gasteiger charge is -2.32. The summed E-state index contributed by atoms with van der Waals surface area (Å²) in [6, 6.07) is 11.8. The molecule has 0 N–H and O–H groups in total. The first-order valence-corrected chi connectivity index (χ1v) is 7.09. The fourth-order valence-electron chi connectivity index (χ4n) is 2.89. The zero-order chi connectivity index (χ0) is 16.0. The van der Waals surface area contributed by atoms with Gasteiger partial charge in [-0.25, -0.2) is 8.78 Å². The molecule has 1 heterocycles. The van der Waals surface area contributed by atoms with Crippen molar-refractivity contribution in [2.24, 2.45) is 0 Å². The normalized spacial score (nSPS) is 19.4. The Morgan fingerprint density at radius 2 is 1.27 bits per heavy atom. The van der Waals surface area contributed by atoms with Crippen LogP contribution in [0.1, 0.15) is 31.4 Å². The number of hydrogen-bond donors (Lipinski definition) is 0. The summed E-state index contributed by atoms with van der Waals surface area (Å²) in [5, 5.41) is 0. The van der Waals surface area contributed by atoms with Gasteiger partial charge in [-0.15, -0.1) is 0 Å². The van der Waals surface area contributed by atoms with E-state index in [4.69, 9.17) is 4.74 Å². The Balaban J connectivity index is 2.17. The summed E-state index contributed by atoms with van der Waals surface area (Å²) in [7, 11) is 0. The molecule has 114 valence electrons. The summed E-state index contributed by atoms with van der Waals surface area (Å²) in [5.74, 6) is -0.760. The summed E-state index contributed by atoms with van der Waals surface area (Å²) >= 11 is 0. The Labute approximate surface area is 127 Å². The zero-order valence-corrected chi connectivity index (χ0v) is 12.4. The first kappa shape index (κ1) is 14.9. The van der Waals surface area contributed by atoms with Gasteiger partial charge in [0.1, 0.15) is 22.8 Å². The van der Waals surface area contributed by atoms with E-state index in [1.807, 2.05) is 0 Å². The van der Waals surface area contributed by atoms with Crippen LogP contribution in [0, 0.1) is 11.6 Å². The maximum Gasteiger partial charge on any atom is 0.167 e. The van der Waals surface area contributed by atoms with E-state index >= 15 is 0 Å². The fourth-order valence-corrected chi connectivity index (χ4v) is 2.89. The summed E-state index contributed by atoms with van der Waals surface area (Å²) in [6.45, 7) is 3.42. The molecule has 0 spiro atoms. The average Bonchev–Trinajstić information content (AvgIpc) is 2.71. The number of carbonyl (C=O) groups is 1. The minimum Gasteiger partial charge on any atom is -0.351 e. The lowest BCUT2D eigenvalue weighted by atomic mass is 9.83. The third kappa shape index (κ3) is 2.33. The van der Waals surface area contributed by atoms with Crippen molar-refractivity contribution >= 4 is 5.78 Å². The van der Waals surface area contributed by atoms with Crippen LogP contribution in [0.5, 0.6) is 0 Å². The lowest BCUT2D eigenvalue weighted by Crippen LogP contribution is -2.32. The third-order valence-corrected chi connectivity index (χ3v) is 4.13. The minimum atomic E-state index is -1.01. The summed E-state index contributed by atoms with van der Waals surface area (Å²) < 4.78 is 32.6. The molecular formula is C18H16F2O2. The molecule has 4 heteroatoms. The van der Waals surface area contributed by atoms with E-state index in [2.05, 4.69) is 0 Å². The molecule has 1 saturated heterocycles. The van der Waals surface area contributed by atoms with E-state index in [0.717, 1.165) is 0 Å². The van der Waals surface area contributed by atoms with E-state index < -0.39 is 11.2 Å². The summed E-state index contributed by atoms with van der Waals surface area (Å²) in [4.78, 5) is 12.3. The monoisotopic (exact) mass is 302 g/mol. The second kappa shape index (κ2) is 4.99. The minimum absolute atomic E-state index is 0.0406. The molecule has 0 unspecified atom stereocenters. The Bertz CT molecular complexity index is 657. The standard InChI is InChI=1S/C18H16F2O2/c1-17(2)16(21)11-18(22-17,12-3-7-14(19)8-4-12)13-5-9-15(20)10-6-13/h3-10H,11H2,1-2H3. The van der Waals surface area contributed by atoms with Crippen molar-refractivity contribution < 1.29 is 18.3 Å². The molecule has 0 saturated carbocycles. The Morgan fingerprint density at radius 3 is 1.59 bits per heavy atom. The highest BCUT2D eigenvalue weighted by atomic mass is 19.1. The van der Waals surface area contributed by atoms with Crippen molar-refractivity contribution in [2.75, 3.05) is 0 Å². The highest BCUT2D eigenvalue weighted by Gasteiger charge is 2.52. The number of hydrogen-bond acceptors (Lipinski definition) is 2. The molecule has 0 amide bonds. The molecule has 2 aromatic rings. The van der Waals surface area contributed by atoms with Gasteiger partial charge in [0.15, 0.2) is 5.78 Å². The van der Waals surface area contributed by atoms with Crippen LogP contribution in [0.15, 0.2) is 48.5 Å². The lowest BCUT2D eigenvalue weighted by molar-refractivity contribution is -0.132. The van der Waals surface area contributed by atoms with Crippen LogP contribution in [0.25, 0.3) is 0 Å². The van der Waals surface area contributed by atoms with Crippen LogP contribution in [-0.4, -0.2) is 11.4 Å². The van der Waals surface area contributed by atoms with Crippen LogP contribution in [0.3, 0.4) is 0 Å². The van der Waals surface area contributed by atoms with Crippen molar-refractivity contribution in [3.63, 3.8) is 0 Å². The molecule has 0 atom stereocenters. The number of ketones is 1. The third-order valence-electron chi connectivity index (χ3n) is 4.13. The molecule has 0 aliphatic carbocycles. The van der Waals surface area contributed by atoms with Crippen LogP contribution < -0.4 is 0 Å².